The molecular formula is C61H58Cl2O8. The molecule has 0 N–H and O–H groups in total. The van der Waals surface area contributed by atoms with Gasteiger partial charge in [0, 0.05) is 10.0 Å². The van der Waals surface area contributed by atoms with E-state index in [0.717, 1.165) is 25.7 Å². The Balaban J connectivity index is 0.000000205. The van der Waals surface area contributed by atoms with Gasteiger partial charge in [-0.05, 0) is 169 Å². The second-order valence-electron chi connectivity index (χ2n) is 15.3. The molecule has 0 aliphatic heterocycles. The predicted molar refractivity (Wildman–Crippen MR) is 286 cm³/mol. The highest BCUT2D eigenvalue weighted by Crippen LogP contribution is 2.19. The molecule has 8 nitrogen and oxygen atoms in total. The number of aryl methyl sites for hydroxylation is 4. The molecule has 0 radical (unpaired) electrons. The van der Waals surface area contributed by atoms with E-state index in [-0.39, 0.29) is 31.3 Å². The van der Waals surface area contributed by atoms with Crippen molar-refractivity contribution < 1.29 is 38.1 Å². The molecule has 8 aromatic rings. The van der Waals surface area contributed by atoms with E-state index in [4.69, 9.17) is 42.1 Å². The second-order valence-corrected chi connectivity index (χ2v) is 16.2. The van der Waals surface area contributed by atoms with Gasteiger partial charge in [-0.3, -0.25) is 0 Å². The van der Waals surface area contributed by atoms with Crippen molar-refractivity contribution in [3.63, 3.8) is 0 Å². The molecule has 8 rings (SSSR count). The minimum atomic E-state index is -0.379. The van der Waals surface area contributed by atoms with Crippen LogP contribution in [0.25, 0.3) is 0 Å². The van der Waals surface area contributed by atoms with Crippen LogP contribution in [-0.2, 0) is 25.7 Å². The van der Waals surface area contributed by atoms with Gasteiger partial charge in [-0.15, -0.1) is 0 Å². The second kappa shape index (κ2) is 30.0. The molecular weight excluding hydrogens is 932 g/mol. The lowest BCUT2D eigenvalue weighted by atomic mass is 10.2. The van der Waals surface area contributed by atoms with Crippen molar-refractivity contribution in [2.75, 3.05) is 0 Å². The van der Waals surface area contributed by atoms with Gasteiger partial charge >= 0.3 is 23.9 Å². The lowest BCUT2D eigenvalue weighted by Crippen LogP contribution is -2.08. The summed E-state index contributed by atoms with van der Waals surface area (Å²) >= 11 is 11.5. The highest BCUT2D eigenvalue weighted by molar-refractivity contribution is 6.31. The summed E-state index contributed by atoms with van der Waals surface area (Å²) in [5.74, 6) is 0.850. The molecule has 71 heavy (non-hydrogen) atoms. The van der Waals surface area contributed by atoms with E-state index in [1.165, 1.54) is 22.3 Å². The zero-order chi connectivity index (χ0) is 50.1. The number of esters is 4. The van der Waals surface area contributed by atoms with Crippen molar-refractivity contribution in [1.82, 2.24) is 0 Å². The van der Waals surface area contributed by atoms with Gasteiger partial charge in [-0.2, -0.15) is 0 Å². The molecule has 0 heterocycles. The third-order valence-electron chi connectivity index (χ3n) is 10.3. The van der Waals surface area contributed by atoms with E-state index >= 15 is 0 Å². The first kappa shape index (κ1) is 55.8. The van der Waals surface area contributed by atoms with Gasteiger partial charge in [0.15, 0.2) is 0 Å². The van der Waals surface area contributed by atoms with Crippen molar-refractivity contribution in [2.45, 2.75) is 60.8 Å². The fourth-order valence-electron chi connectivity index (χ4n) is 6.16. The van der Waals surface area contributed by atoms with Crippen LogP contribution in [-0.4, -0.2) is 23.9 Å². The summed E-state index contributed by atoms with van der Waals surface area (Å²) in [5, 5.41) is 1.19. The van der Waals surface area contributed by atoms with Crippen LogP contribution >= 0.6 is 23.2 Å². The highest BCUT2D eigenvalue weighted by atomic mass is 35.5. The van der Waals surface area contributed by atoms with Crippen LogP contribution in [0.5, 0.6) is 23.0 Å². The summed E-state index contributed by atoms with van der Waals surface area (Å²) in [6, 6.07) is 61.3. The molecule has 0 spiro atoms. The molecule has 10 heteroatoms. The van der Waals surface area contributed by atoms with Gasteiger partial charge in [-0.1, -0.05) is 143 Å². The van der Waals surface area contributed by atoms with E-state index in [9.17, 15) is 19.2 Å². The maximum Gasteiger partial charge on any atom is 0.343 e. The Morgan fingerprint density at radius 1 is 0.296 bits per heavy atom. The van der Waals surface area contributed by atoms with Crippen LogP contribution in [0.15, 0.2) is 206 Å². The van der Waals surface area contributed by atoms with Crippen molar-refractivity contribution >= 4 is 47.1 Å². The van der Waals surface area contributed by atoms with E-state index in [0.29, 0.717) is 55.3 Å². The Morgan fingerprint density at radius 3 is 0.690 bits per heavy atom. The standard InChI is InChI=1S/2C15H13ClO2.2C15H14O2.CH4/c2*1-2-11-3-9-14(10-4-11)18-15(17)12-5-7-13(16)8-6-12;2*1-2-12-8-10-14(11-9-12)17-15(16)13-6-4-3-5-7-13;/h2*3-10H,2H2,1H3;2*3-11H,2H2,1H3;1H4. The Hall–Kier alpha value is -7.78. The summed E-state index contributed by atoms with van der Waals surface area (Å²) < 4.78 is 21.0. The zero-order valence-electron chi connectivity index (χ0n) is 39.5. The molecule has 0 aromatic heterocycles. The maximum atomic E-state index is 11.8. The molecule has 0 bridgehead atoms. The molecule has 0 aliphatic rings. The fourth-order valence-corrected chi connectivity index (χ4v) is 6.41. The Kier molecular flexibility index (Phi) is 23.6. The van der Waals surface area contributed by atoms with Gasteiger partial charge < -0.3 is 18.9 Å². The van der Waals surface area contributed by atoms with Crippen molar-refractivity contribution in [3.8, 4) is 23.0 Å². The number of ether oxygens (including phenoxy) is 4. The third-order valence-corrected chi connectivity index (χ3v) is 10.9. The highest BCUT2D eigenvalue weighted by Gasteiger charge is 2.11. The quantitative estimate of drug-likeness (QED) is 0.0880. The third kappa shape index (κ3) is 19.3. The van der Waals surface area contributed by atoms with Gasteiger partial charge in [0.1, 0.15) is 23.0 Å². The number of rotatable bonds is 12. The molecule has 0 fully saturated rings. The summed E-state index contributed by atoms with van der Waals surface area (Å²) in [6.07, 6.45) is 3.89. The number of halogens is 2. The number of benzene rings is 8. The molecule has 0 aliphatic carbocycles. The van der Waals surface area contributed by atoms with E-state index in [2.05, 4.69) is 27.7 Å². The molecule has 8 aromatic carbocycles. The van der Waals surface area contributed by atoms with E-state index in [1.54, 1.807) is 97.1 Å². The first-order valence-corrected chi connectivity index (χ1v) is 23.6. The predicted octanol–water partition coefficient (Wildman–Crippen LogP) is 15.8. The molecule has 0 saturated heterocycles. The molecule has 0 amide bonds. The largest absolute Gasteiger partial charge is 0.423 e. The minimum absolute atomic E-state index is 0. The number of carbonyl (C=O) groups is 4. The summed E-state index contributed by atoms with van der Waals surface area (Å²) in [4.78, 5) is 47.1. The molecule has 364 valence electrons. The number of hydrogen-bond donors (Lipinski definition) is 0. The van der Waals surface area contributed by atoms with Crippen LogP contribution in [0.2, 0.25) is 10.0 Å². The Labute approximate surface area is 427 Å². The zero-order valence-corrected chi connectivity index (χ0v) is 41.0. The topological polar surface area (TPSA) is 105 Å². The lowest BCUT2D eigenvalue weighted by molar-refractivity contribution is 0.0725. The van der Waals surface area contributed by atoms with Crippen LogP contribution in [0, 0.1) is 0 Å². The Morgan fingerprint density at radius 2 is 0.493 bits per heavy atom. The monoisotopic (exact) mass is 988 g/mol. The van der Waals surface area contributed by atoms with Gasteiger partial charge in [-0.25, -0.2) is 19.2 Å². The summed E-state index contributed by atoms with van der Waals surface area (Å²) in [5.41, 5.74) is 6.97. The van der Waals surface area contributed by atoms with Crippen LogP contribution in [0.4, 0.5) is 0 Å². The van der Waals surface area contributed by atoms with Crippen LogP contribution < -0.4 is 18.9 Å². The number of hydrogen-bond acceptors (Lipinski definition) is 8. The first-order chi connectivity index (χ1) is 34.0. The maximum absolute atomic E-state index is 11.8. The molecule has 0 atom stereocenters. The van der Waals surface area contributed by atoms with Crippen molar-refractivity contribution in [3.05, 3.63) is 261 Å². The van der Waals surface area contributed by atoms with Crippen LogP contribution in [0.1, 0.15) is 98.8 Å². The van der Waals surface area contributed by atoms with Crippen LogP contribution in [0.3, 0.4) is 0 Å². The van der Waals surface area contributed by atoms with Crippen molar-refractivity contribution in [2.24, 2.45) is 0 Å². The fraction of sp³-hybridized carbons (Fsp3) is 0.148. The Bertz CT molecular complexity index is 2630. The first-order valence-electron chi connectivity index (χ1n) is 22.8. The van der Waals surface area contributed by atoms with Gasteiger partial charge in [0.25, 0.3) is 0 Å². The molecule has 0 unspecified atom stereocenters. The van der Waals surface area contributed by atoms with Gasteiger partial charge in [0.05, 0.1) is 22.3 Å². The minimum Gasteiger partial charge on any atom is -0.423 e. The average Bonchev–Trinajstić information content (AvgIpc) is 3.41. The van der Waals surface area contributed by atoms with E-state index < -0.39 is 0 Å². The van der Waals surface area contributed by atoms with Gasteiger partial charge in [0.2, 0.25) is 0 Å². The van der Waals surface area contributed by atoms with Crippen molar-refractivity contribution in [1.29, 1.82) is 0 Å². The SMILES string of the molecule is C.CCc1ccc(OC(=O)c2ccc(Cl)cc2)cc1.CCc1ccc(OC(=O)c2ccc(Cl)cc2)cc1.CCc1ccc(OC(=O)c2ccccc2)cc1.CCc1ccc(OC(=O)c2ccccc2)cc1. The number of carbonyl (C=O) groups excluding carboxylic acids is 4. The summed E-state index contributed by atoms with van der Waals surface area (Å²) in [7, 11) is 0. The normalized spacial score (nSPS) is 9.89. The lowest BCUT2D eigenvalue weighted by Gasteiger charge is -2.05. The van der Waals surface area contributed by atoms with E-state index in [1.807, 2.05) is 109 Å². The smallest absolute Gasteiger partial charge is 0.343 e. The average molecular weight is 990 g/mol. The molecule has 0 saturated carbocycles. The summed E-state index contributed by atoms with van der Waals surface area (Å²) in [6.45, 7) is 8.33.